The molecule has 8 heteroatoms. The maximum atomic E-state index is 11.4. The Kier molecular flexibility index (Phi) is 3.81. The number of amides is 2. The second kappa shape index (κ2) is 5.10. The summed E-state index contributed by atoms with van der Waals surface area (Å²) >= 11 is 0. The monoisotopic (exact) mass is 226 g/mol. The first-order valence-electron chi connectivity index (χ1n) is 4.74. The van der Waals surface area contributed by atoms with Crippen molar-refractivity contribution in [3.63, 3.8) is 0 Å². The first kappa shape index (κ1) is 12.0. The fourth-order valence-electron chi connectivity index (χ4n) is 0.994. The average molecular weight is 226 g/mol. The average Bonchev–Trinajstić information content (AvgIpc) is 2.60. The van der Waals surface area contributed by atoms with Crippen LogP contribution in [0, 0.1) is 0 Å². The number of rotatable bonds is 4. The molecule has 0 aromatic carbocycles. The molecule has 0 radical (unpaired) electrons. The second-order valence-electron chi connectivity index (χ2n) is 3.45. The van der Waals surface area contributed by atoms with Gasteiger partial charge in [-0.05, 0) is 13.8 Å². The third kappa shape index (κ3) is 3.56. The van der Waals surface area contributed by atoms with Crippen molar-refractivity contribution in [3.8, 4) is 0 Å². The first-order chi connectivity index (χ1) is 7.49. The van der Waals surface area contributed by atoms with Crippen LogP contribution in [0.3, 0.4) is 0 Å². The second-order valence-corrected chi connectivity index (χ2v) is 3.45. The predicted molar refractivity (Wildman–Crippen MR) is 56.4 cm³/mol. The lowest BCUT2D eigenvalue weighted by molar-refractivity contribution is -0.120. The van der Waals surface area contributed by atoms with Crippen LogP contribution < -0.4 is 16.4 Å². The molecule has 0 fully saturated rings. The van der Waals surface area contributed by atoms with Crippen LogP contribution in [-0.4, -0.2) is 39.6 Å². The Hall–Kier alpha value is -2.12. The molecule has 16 heavy (non-hydrogen) atoms. The summed E-state index contributed by atoms with van der Waals surface area (Å²) in [5.41, 5.74) is 5.23. The van der Waals surface area contributed by atoms with Crippen LogP contribution in [-0.2, 0) is 4.79 Å². The topological polar surface area (TPSA) is 126 Å². The van der Waals surface area contributed by atoms with Gasteiger partial charge in [-0.15, -0.1) is 5.10 Å². The molecule has 5 N–H and O–H groups in total. The third-order valence-corrected chi connectivity index (χ3v) is 1.58. The largest absolute Gasteiger partial charge is 0.366 e. The van der Waals surface area contributed by atoms with Crippen molar-refractivity contribution in [2.75, 3.05) is 12.3 Å². The number of nitrogens with one attached hydrogen (secondary N) is 3. The summed E-state index contributed by atoms with van der Waals surface area (Å²) in [7, 11) is 0. The number of aromatic nitrogens is 3. The smallest absolute Gasteiger partial charge is 0.289 e. The van der Waals surface area contributed by atoms with Crippen LogP contribution >= 0.6 is 0 Å². The Balaban J connectivity index is 2.38. The number of nitrogen functional groups attached to an aromatic ring is 1. The molecule has 0 saturated heterocycles. The van der Waals surface area contributed by atoms with E-state index in [1.54, 1.807) is 0 Å². The molecule has 2 amide bonds. The molecular weight excluding hydrogens is 212 g/mol. The van der Waals surface area contributed by atoms with Gasteiger partial charge in [-0.2, -0.15) is 4.98 Å². The minimum Gasteiger partial charge on any atom is -0.366 e. The third-order valence-electron chi connectivity index (χ3n) is 1.58. The van der Waals surface area contributed by atoms with Crippen LogP contribution in [0.4, 0.5) is 5.95 Å². The first-order valence-corrected chi connectivity index (χ1v) is 4.74. The molecule has 0 saturated carbocycles. The molecular formula is C8H14N6O2. The van der Waals surface area contributed by atoms with Crippen LogP contribution in [0.5, 0.6) is 0 Å². The molecule has 0 bridgehead atoms. The summed E-state index contributed by atoms with van der Waals surface area (Å²) in [6, 6.07) is 0.0327. The lowest BCUT2D eigenvalue weighted by atomic mass is 10.4. The summed E-state index contributed by atoms with van der Waals surface area (Å²) in [5.74, 6) is -0.828. The van der Waals surface area contributed by atoms with Crippen molar-refractivity contribution >= 4 is 17.8 Å². The van der Waals surface area contributed by atoms with Gasteiger partial charge >= 0.3 is 0 Å². The van der Waals surface area contributed by atoms with Crippen LogP contribution in [0.1, 0.15) is 24.5 Å². The summed E-state index contributed by atoms with van der Waals surface area (Å²) in [6.07, 6.45) is 0. The fraction of sp³-hybridized carbons (Fsp3) is 0.500. The summed E-state index contributed by atoms with van der Waals surface area (Å²) in [5, 5.41) is 10.8. The minimum atomic E-state index is -0.525. The maximum absolute atomic E-state index is 11.4. The molecule has 0 atom stereocenters. The van der Waals surface area contributed by atoms with E-state index in [9.17, 15) is 9.59 Å². The summed E-state index contributed by atoms with van der Waals surface area (Å²) < 4.78 is 0. The van der Waals surface area contributed by atoms with Crippen LogP contribution in [0.15, 0.2) is 0 Å². The van der Waals surface area contributed by atoms with Crippen LogP contribution in [0.2, 0.25) is 0 Å². The van der Waals surface area contributed by atoms with Gasteiger partial charge in [0, 0.05) is 6.04 Å². The number of anilines is 1. The molecule has 1 rings (SSSR count). The van der Waals surface area contributed by atoms with Crippen molar-refractivity contribution in [2.24, 2.45) is 0 Å². The van der Waals surface area contributed by atoms with Crippen molar-refractivity contribution < 1.29 is 9.59 Å². The summed E-state index contributed by atoms with van der Waals surface area (Å²) in [4.78, 5) is 26.2. The molecule has 1 aromatic heterocycles. The van der Waals surface area contributed by atoms with E-state index >= 15 is 0 Å². The predicted octanol–water partition coefficient (Wildman–Crippen LogP) is -1.36. The van der Waals surface area contributed by atoms with Gasteiger partial charge in [0.15, 0.2) is 0 Å². The van der Waals surface area contributed by atoms with E-state index in [4.69, 9.17) is 5.73 Å². The molecule has 1 aromatic rings. The van der Waals surface area contributed by atoms with Gasteiger partial charge in [-0.1, -0.05) is 0 Å². The molecule has 1 heterocycles. The highest BCUT2D eigenvalue weighted by Crippen LogP contribution is 1.91. The molecule has 0 aliphatic rings. The number of aromatic amines is 1. The van der Waals surface area contributed by atoms with Gasteiger partial charge in [0.2, 0.25) is 17.7 Å². The number of carbonyl (C=O) groups excluding carboxylic acids is 2. The molecule has 0 spiro atoms. The van der Waals surface area contributed by atoms with Gasteiger partial charge < -0.3 is 16.4 Å². The molecule has 8 nitrogen and oxygen atoms in total. The highest BCUT2D eigenvalue weighted by Gasteiger charge is 2.11. The lowest BCUT2D eigenvalue weighted by Gasteiger charge is -2.08. The summed E-state index contributed by atoms with van der Waals surface area (Å²) in [6.45, 7) is 3.55. The standard InChI is InChI=1S/C8H14N6O2/c1-4(2)11-5(15)3-10-7(16)6-12-8(9)14-13-6/h4H,3H2,1-2H3,(H,10,16)(H,11,15)(H3,9,12,13,14). The van der Waals surface area contributed by atoms with E-state index in [1.807, 2.05) is 13.8 Å². The number of hydrogen-bond acceptors (Lipinski definition) is 5. The van der Waals surface area contributed by atoms with Gasteiger partial charge in [0.05, 0.1) is 6.54 Å². The Labute approximate surface area is 92.0 Å². The Morgan fingerprint density at radius 3 is 2.69 bits per heavy atom. The van der Waals surface area contributed by atoms with Gasteiger partial charge in [0.1, 0.15) is 0 Å². The van der Waals surface area contributed by atoms with Crippen molar-refractivity contribution in [1.29, 1.82) is 0 Å². The van der Waals surface area contributed by atoms with E-state index in [0.717, 1.165) is 0 Å². The van der Waals surface area contributed by atoms with E-state index in [2.05, 4.69) is 25.8 Å². The fourth-order valence-corrected chi connectivity index (χ4v) is 0.994. The Morgan fingerprint density at radius 1 is 1.50 bits per heavy atom. The molecule has 0 aliphatic heterocycles. The van der Waals surface area contributed by atoms with Crippen LogP contribution in [0.25, 0.3) is 0 Å². The number of hydrogen-bond donors (Lipinski definition) is 4. The zero-order chi connectivity index (χ0) is 12.1. The van der Waals surface area contributed by atoms with Gasteiger partial charge in [-0.25, -0.2) is 0 Å². The number of nitrogens with zero attached hydrogens (tertiary/aromatic N) is 2. The van der Waals surface area contributed by atoms with E-state index in [0.29, 0.717) is 0 Å². The zero-order valence-corrected chi connectivity index (χ0v) is 9.07. The normalized spacial score (nSPS) is 10.2. The van der Waals surface area contributed by atoms with Crippen molar-refractivity contribution in [2.45, 2.75) is 19.9 Å². The highest BCUT2D eigenvalue weighted by molar-refractivity contribution is 5.93. The quantitative estimate of drug-likeness (QED) is 0.504. The number of carbonyl (C=O) groups is 2. The van der Waals surface area contributed by atoms with Crippen molar-refractivity contribution in [1.82, 2.24) is 25.8 Å². The molecule has 0 aliphatic carbocycles. The van der Waals surface area contributed by atoms with E-state index in [1.165, 1.54) is 0 Å². The minimum absolute atomic E-state index is 0.0169. The SMILES string of the molecule is CC(C)NC(=O)CNC(=O)c1nc(N)n[nH]1. The van der Waals surface area contributed by atoms with Crippen molar-refractivity contribution in [3.05, 3.63) is 5.82 Å². The van der Waals surface area contributed by atoms with Gasteiger partial charge in [-0.3, -0.25) is 14.7 Å². The molecule has 88 valence electrons. The lowest BCUT2D eigenvalue weighted by Crippen LogP contribution is -2.40. The maximum Gasteiger partial charge on any atom is 0.289 e. The Morgan fingerprint density at radius 2 is 2.19 bits per heavy atom. The number of nitrogens with two attached hydrogens (primary N) is 1. The zero-order valence-electron chi connectivity index (χ0n) is 9.07. The Bertz CT molecular complexity index is 386. The van der Waals surface area contributed by atoms with E-state index < -0.39 is 5.91 Å². The molecule has 0 unspecified atom stereocenters. The van der Waals surface area contributed by atoms with Gasteiger partial charge in [0.25, 0.3) is 5.91 Å². The highest BCUT2D eigenvalue weighted by atomic mass is 16.2. The number of H-pyrrole nitrogens is 1. The van der Waals surface area contributed by atoms with E-state index in [-0.39, 0.29) is 30.3 Å².